The van der Waals surface area contributed by atoms with Crippen molar-refractivity contribution in [2.45, 2.75) is 19.4 Å². The average molecular weight is 333 g/mol. The predicted molar refractivity (Wildman–Crippen MR) is 87.1 cm³/mol. The topological polar surface area (TPSA) is 62.5 Å². The van der Waals surface area contributed by atoms with Gasteiger partial charge >= 0.3 is 0 Å². The molecule has 0 spiro atoms. The van der Waals surface area contributed by atoms with Crippen LogP contribution in [0.25, 0.3) is 10.1 Å². The Hall–Kier alpha value is -2.18. The number of rotatable bonds is 4. The molecule has 0 bridgehead atoms. The van der Waals surface area contributed by atoms with Gasteiger partial charge in [-0.05, 0) is 55.1 Å². The lowest BCUT2D eigenvalue weighted by Crippen LogP contribution is -2.38. The molecule has 0 fully saturated rings. The number of hydrogen-bond acceptors (Lipinski definition) is 4. The summed E-state index contributed by atoms with van der Waals surface area (Å²) in [6, 6.07) is 7.80. The van der Waals surface area contributed by atoms with E-state index in [0.29, 0.717) is 10.6 Å². The van der Waals surface area contributed by atoms with E-state index in [1.54, 1.807) is 32.0 Å². The van der Waals surface area contributed by atoms with Gasteiger partial charge in [-0.25, -0.2) is 4.39 Å². The number of carbonyl (C=O) groups is 1. The fourth-order valence-corrected chi connectivity index (χ4v) is 3.52. The van der Waals surface area contributed by atoms with Gasteiger partial charge in [-0.2, -0.15) is 0 Å². The lowest BCUT2D eigenvalue weighted by molar-refractivity contribution is 0.0331. The van der Waals surface area contributed by atoms with Crippen molar-refractivity contribution in [2.75, 3.05) is 6.54 Å². The van der Waals surface area contributed by atoms with E-state index in [0.717, 1.165) is 15.6 Å². The molecular weight excluding hydrogens is 317 g/mol. The largest absolute Gasteiger partial charge is 0.466 e. The van der Waals surface area contributed by atoms with Gasteiger partial charge in [-0.3, -0.25) is 4.79 Å². The summed E-state index contributed by atoms with van der Waals surface area (Å²) < 4.78 is 19.4. The molecule has 0 aliphatic carbocycles. The molecule has 0 saturated carbocycles. The molecule has 0 radical (unpaired) electrons. The van der Waals surface area contributed by atoms with Crippen molar-refractivity contribution >= 4 is 27.3 Å². The number of hydrogen-bond donors (Lipinski definition) is 2. The van der Waals surface area contributed by atoms with E-state index >= 15 is 0 Å². The number of halogens is 1. The van der Waals surface area contributed by atoms with E-state index in [2.05, 4.69) is 5.32 Å². The lowest BCUT2D eigenvalue weighted by atomic mass is 10.0. The van der Waals surface area contributed by atoms with Gasteiger partial charge in [0.15, 0.2) is 0 Å². The number of carbonyl (C=O) groups excluding carboxylic acids is 1. The number of aryl methyl sites for hydroxylation is 1. The monoisotopic (exact) mass is 333 g/mol. The molecule has 4 nitrogen and oxygen atoms in total. The fourth-order valence-electron chi connectivity index (χ4n) is 2.41. The third-order valence-electron chi connectivity index (χ3n) is 3.75. The van der Waals surface area contributed by atoms with Crippen molar-refractivity contribution in [3.8, 4) is 0 Å². The standard InChI is InChI=1S/C17H16FNO3S/c1-10-12-8-11(18)5-6-13(12)23-15(10)16(20)19-9-17(2,21)14-4-3-7-22-14/h3-8,21H,9H2,1-2H3,(H,19,20). The number of aliphatic hydroxyl groups is 1. The molecule has 3 aromatic rings. The van der Waals surface area contributed by atoms with Crippen molar-refractivity contribution in [3.05, 3.63) is 58.6 Å². The zero-order valence-electron chi connectivity index (χ0n) is 12.7. The second-order valence-corrected chi connectivity index (χ2v) is 6.68. The number of thiophene rings is 1. The summed E-state index contributed by atoms with van der Waals surface area (Å²) in [5.74, 6) is -0.241. The molecule has 1 amide bonds. The van der Waals surface area contributed by atoms with E-state index in [-0.39, 0.29) is 18.3 Å². The Morgan fingerprint density at radius 3 is 2.91 bits per heavy atom. The minimum atomic E-state index is -1.30. The molecule has 6 heteroatoms. The number of nitrogens with one attached hydrogen (secondary N) is 1. The molecule has 1 aromatic carbocycles. The highest BCUT2D eigenvalue weighted by Gasteiger charge is 2.27. The van der Waals surface area contributed by atoms with Crippen molar-refractivity contribution in [1.82, 2.24) is 5.32 Å². The maximum absolute atomic E-state index is 13.3. The average Bonchev–Trinajstić information content (AvgIpc) is 3.15. The van der Waals surface area contributed by atoms with E-state index < -0.39 is 5.60 Å². The summed E-state index contributed by atoms with van der Waals surface area (Å²) >= 11 is 1.30. The second-order valence-electron chi connectivity index (χ2n) is 5.63. The minimum absolute atomic E-state index is 0.0153. The molecule has 23 heavy (non-hydrogen) atoms. The van der Waals surface area contributed by atoms with Crippen molar-refractivity contribution in [2.24, 2.45) is 0 Å². The van der Waals surface area contributed by atoms with E-state index in [4.69, 9.17) is 4.42 Å². The minimum Gasteiger partial charge on any atom is -0.466 e. The van der Waals surface area contributed by atoms with Crippen LogP contribution in [0.2, 0.25) is 0 Å². The van der Waals surface area contributed by atoms with Crippen LogP contribution >= 0.6 is 11.3 Å². The second kappa shape index (κ2) is 5.79. The first-order valence-electron chi connectivity index (χ1n) is 7.12. The highest BCUT2D eigenvalue weighted by atomic mass is 32.1. The Kier molecular flexibility index (Phi) is 3.95. The van der Waals surface area contributed by atoms with Crippen LogP contribution in [0.15, 0.2) is 41.0 Å². The van der Waals surface area contributed by atoms with Crippen LogP contribution in [0.5, 0.6) is 0 Å². The molecule has 2 N–H and O–H groups in total. The van der Waals surface area contributed by atoms with Crippen molar-refractivity contribution in [3.63, 3.8) is 0 Å². The quantitative estimate of drug-likeness (QED) is 0.767. The zero-order chi connectivity index (χ0) is 16.6. The molecule has 1 unspecified atom stereocenters. The molecule has 1 atom stereocenters. The molecule has 0 aliphatic heterocycles. The first kappa shape index (κ1) is 15.7. The van der Waals surface area contributed by atoms with Crippen LogP contribution in [0, 0.1) is 12.7 Å². The van der Waals surface area contributed by atoms with Crippen LogP contribution < -0.4 is 5.32 Å². The van der Waals surface area contributed by atoms with Gasteiger partial charge in [0.25, 0.3) is 5.91 Å². The van der Waals surface area contributed by atoms with Crippen LogP contribution in [0.3, 0.4) is 0 Å². The Bertz CT molecular complexity index is 852. The smallest absolute Gasteiger partial charge is 0.261 e. The Balaban J connectivity index is 1.80. The molecular formula is C17H16FNO3S. The molecule has 3 rings (SSSR count). The number of amides is 1. The zero-order valence-corrected chi connectivity index (χ0v) is 13.5. The van der Waals surface area contributed by atoms with Gasteiger partial charge in [0, 0.05) is 4.70 Å². The van der Waals surface area contributed by atoms with Crippen LogP contribution in [-0.2, 0) is 5.60 Å². The first-order chi connectivity index (χ1) is 10.9. The summed E-state index contributed by atoms with van der Waals surface area (Å²) in [6.07, 6.45) is 1.47. The van der Waals surface area contributed by atoms with Gasteiger partial charge in [-0.1, -0.05) is 0 Å². The van der Waals surface area contributed by atoms with E-state index in [1.165, 1.54) is 29.7 Å². The van der Waals surface area contributed by atoms with Crippen LogP contribution in [0.1, 0.15) is 27.9 Å². The SMILES string of the molecule is Cc1c(C(=O)NCC(C)(O)c2ccco2)sc2ccc(F)cc12. The van der Waals surface area contributed by atoms with E-state index in [9.17, 15) is 14.3 Å². The molecule has 120 valence electrons. The third-order valence-corrected chi connectivity index (χ3v) is 5.02. The summed E-state index contributed by atoms with van der Waals surface area (Å²) in [5.41, 5.74) is -0.560. The van der Waals surface area contributed by atoms with Crippen molar-refractivity contribution in [1.29, 1.82) is 0 Å². The summed E-state index contributed by atoms with van der Waals surface area (Å²) in [6.45, 7) is 3.37. The van der Waals surface area contributed by atoms with Crippen LogP contribution in [0.4, 0.5) is 4.39 Å². The Labute approximate surface area is 136 Å². The molecule has 0 saturated heterocycles. The highest BCUT2D eigenvalue weighted by Crippen LogP contribution is 2.31. The predicted octanol–water partition coefficient (Wildman–Crippen LogP) is 3.58. The molecule has 2 heterocycles. The molecule has 2 aromatic heterocycles. The summed E-state index contributed by atoms with van der Waals surface area (Å²) in [5, 5.41) is 13.8. The van der Waals surface area contributed by atoms with Gasteiger partial charge in [0.1, 0.15) is 17.2 Å². The van der Waals surface area contributed by atoms with Crippen molar-refractivity contribution < 1.29 is 18.7 Å². The summed E-state index contributed by atoms with van der Waals surface area (Å²) in [7, 11) is 0. The Morgan fingerprint density at radius 2 is 2.22 bits per heavy atom. The van der Waals surface area contributed by atoms with Gasteiger partial charge in [0.05, 0.1) is 17.7 Å². The fraction of sp³-hybridized carbons (Fsp3) is 0.235. The van der Waals surface area contributed by atoms with E-state index in [1.807, 2.05) is 0 Å². The van der Waals surface area contributed by atoms with Gasteiger partial charge < -0.3 is 14.8 Å². The van der Waals surface area contributed by atoms with Gasteiger partial charge in [0.2, 0.25) is 0 Å². The lowest BCUT2D eigenvalue weighted by Gasteiger charge is -2.21. The Morgan fingerprint density at radius 1 is 1.43 bits per heavy atom. The van der Waals surface area contributed by atoms with Crippen LogP contribution in [-0.4, -0.2) is 17.6 Å². The number of benzene rings is 1. The highest BCUT2D eigenvalue weighted by molar-refractivity contribution is 7.21. The first-order valence-corrected chi connectivity index (χ1v) is 7.93. The molecule has 0 aliphatic rings. The normalized spacial score (nSPS) is 13.9. The number of furan rings is 1. The maximum atomic E-state index is 13.3. The number of fused-ring (bicyclic) bond motifs is 1. The summed E-state index contributed by atoms with van der Waals surface area (Å²) in [4.78, 5) is 12.9. The van der Waals surface area contributed by atoms with Gasteiger partial charge in [-0.15, -0.1) is 11.3 Å². The maximum Gasteiger partial charge on any atom is 0.261 e. The third kappa shape index (κ3) is 3.00.